The number of nitrogens with zero attached hydrogens (tertiary/aromatic N) is 3. The van der Waals surface area contributed by atoms with Gasteiger partial charge in [0, 0.05) is 45.7 Å². The van der Waals surface area contributed by atoms with Crippen molar-refractivity contribution in [1.29, 1.82) is 0 Å². The maximum absolute atomic E-state index is 13.4. The number of rotatable bonds is 9. The van der Waals surface area contributed by atoms with Gasteiger partial charge in [-0.2, -0.15) is 0 Å². The first kappa shape index (κ1) is 25.4. The predicted molar refractivity (Wildman–Crippen MR) is 140 cm³/mol. The van der Waals surface area contributed by atoms with Crippen LogP contribution in [0.3, 0.4) is 0 Å². The fraction of sp³-hybridized carbons (Fsp3) is 0.379. The Hall–Kier alpha value is -3.74. The van der Waals surface area contributed by atoms with Crippen LogP contribution in [0.1, 0.15) is 40.8 Å². The molecule has 36 heavy (non-hydrogen) atoms. The zero-order valence-electron chi connectivity index (χ0n) is 21.4. The van der Waals surface area contributed by atoms with E-state index in [-0.39, 0.29) is 18.2 Å². The highest BCUT2D eigenvalue weighted by Crippen LogP contribution is 2.29. The molecule has 190 valence electrons. The Kier molecular flexibility index (Phi) is 8.31. The Bertz CT molecular complexity index is 1170. The number of hydrogen-bond acceptors (Lipinski definition) is 5. The van der Waals surface area contributed by atoms with Crippen molar-refractivity contribution in [2.24, 2.45) is 0 Å². The van der Waals surface area contributed by atoms with Crippen molar-refractivity contribution in [2.75, 3.05) is 44.2 Å². The third-order valence-corrected chi connectivity index (χ3v) is 6.51. The van der Waals surface area contributed by atoms with Gasteiger partial charge in [0.1, 0.15) is 17.3 Å². The summed E-state index contributed by atoms with van der Waals surface area (Å²) in [5, 5.41) is 0. The molecule has 7 nitrogen and oxygen atoms in total. The Morgan fingerprint density at radius 1 is 0.972 bits per heavy atom. The van der Waals surface area contributed by atoms with Crippen molar-refractivity contribution < 1.29 is 18.7 Å². The number of hydrogen-bond donors (Lipinski definition) is 0. The van der Waals surface area contributed by atoms with E-state index in [4.69, 9.17) is 9.15 Å². The summed E-state index contributed by atoms with van der Waals surface area (Å²) in [6.07, 6.45) is 0.282. The van der Waals surface area contributed by atoms with E-state index in [1.807, 2.05) is 67.3 Å². The third-order valence-electron chi connectivity index (χ3n) is 6.51. The summed E-state index contributed by atoms with van der Waals surface area (Å²) in [5.41, 5.74) is 2.65. The van der Waals surface area contributed by atoms with Crippen LogP contribution in [0.5, 0.6) is 5.75 Å². The lowest BCUT2D eigenvalue weighted by molar-refractivity contribution is -0.131. The van der Waals surface area contributed by atoms with Crippen molar-refractivity contribution in [3.63, 3.8) is 0 Å². The minimum atomic E-state index is -0.113. The maximum Gasteiger partial charge on any atom is 0.257 e. The van der Waals surface area contributed by atoms with Gasteiger partial charge in [0.15, 0.2) is 0 Å². The lowest BCUT2D eigenvalue weighted by atomic mass is 10.1. The molecule has 7 heteroatoms. The van der Waals surface area contributed by atoms with Crippen molar-refractivity contribution >= 4 is 17.5 Å². The zero-order chi connectivity index (χ0) is 25.5. The van der Waals surface area contributed by atoms with Crippen LogP contribution in [0.4, 0.5) is 5.69 Å². The number of carbonyl (C=O) groups is 2. The summed E-state index contributed by atoms with van der Waals surface area (Å²) < 4.78 is 11.4. The standard InChI is InChI=1S/C29H35N3O4/c1-4-35-27-13-9-8-12-26(27)30-16-18-31(19-17-30)28(33)14-15-32(21-24-10-6-5-7-11-24)29(34)25-20-22(2)36-23(25)3/h5-13,20H,4,14-19,21H2,1-3H3. The van der Waals surface area contributed by atoms with Gasteiger partial charge in [-0.1, -0.05) is 42.5 Å². The molecular formula is C29H35N3O4. The average Bonchev–Trinajstić information content (AvgIpc) is 3.24. The van der Waals surface area contributed by atoms with Gasteiger partial charge >= 0.3 is 0 Å². The van der Waals surface area contributed by atoms with Crippen molar-refractivity contribution in [2.45, 2.75) is 33.7 Å². The fourth-order valence-corrected chi connectivity index (χ4v) is 4.65. The van der Waals surface area contributed by atoms with E-state index in [0.29, 0.717) is 49.9 Å². The minimum Gasteiger partial charge on any atom is -0.492 e. The zero-order valence-corrected chi connectivity index (χ0v) is 21.4. The van der Waals surface area contributed by atoms with Crippen molar-refractivity contribution in [3.8, 4) is 5.75 Å². The molecule has 0 unspecified atom stereocenters. The first-order valence-corrected chi connectivity index (χ1v) is 12.6. The van der Waals surface area contributed by atoms with E-state index in [9.17, 15) is 9.59 Å². The monoisotopic (exact) mass is 489 g/mol. The number of furan rings is 1. The van der Waals surface area contributed by atoms with Crippen molar-refractivity contribution in [1.82, 2.24) is 9.80 Å². The molecule has 1 aromatic heterocycles. The summed E-state index contributed by atoms with van der Waals surface area (Å²) in [5.74, 6) is 2.14. The number of benzene rings is 2. The van der Waals surface area contributed by atoms with Gasteiger partial charge in [0.25, 0.3) is 5.91 Å². The van der Waals surface area contributed by atoms with Crippen LogP contribution in [-0.4, -0.2) is 60.9 Å². The highest BCUT2D eigenvalue weighted by atomic mass is 16.5. The van der Waals surface area contributed by atoms with Crippen molar-refractivity contribution in [3.05, 3.63) is 83.3 Å². The minimum absolute atomic E-state index is 0.0682. The van der Waals surface area contributed by atoms with Gasteiger partial charge in [0.2, 0.25) is 5.91 Å². The van der Waals surface area contributed by atoms with Crippen LogP contribution in [0.15, 0.2) is 65.1 Å². The average molecular weight is 490 g/mol. The summed E-state index contributed by atoms with van der Waals surface area (Å²) >= 11 is 0. The second-order valence-electron chi connectivity index (χ2n) is 9.06. The fourth-order valence-electron chi connectivity index (χ4n) is 4.65. The largest absolute Gasteiger partial charge is 0.492 e. The smallest absolute Gasteiger partial charge is 0.257 e. The van der Waals surface area contributed by atoms with Gasteiger partial charge in [-0.3, -0.25) is 9.59 Å². The molecule has 2 heterocycles. The summed E-state index contributed by atoms with van der Waals surface area (Å²) in [7, 11) is 0. The van der Waals surface area contributed by atoms with Gasteiger partial charge in [0.05, 0.1) is 17.9 Å². The first-order chi connectivity index (χ1) is 17.5. The molecule has 1 fully saturated rings. The molecule has 0 radical (unpaired) electrons. The quantitative estimate of drug-likeness (QED) is 0.437. The van der Waals surface area contributed by atoms with E-state index in [0.717, 1.165) is 30.1 Å². The van der Waals surface area contributed by atoms with Crippen LogP contribution in [0.25, 0.3) is 0 Å². The molecule has 3 aromatic rings. The lowest BCUT2D eigenvalue weighted by Crippen LogP contribution is -2.49. The summed E-state index contributed by atoms with van der Waals surface area (Å²) in [6, 6.07) is 19.7. The Balaban J connectivity index is 1.38. The molecule has 0 bridgehead atoms. The molecule has 0 spiro atoms. The topological polar surface area (TPSA) is 66.2 Å². The molecule has 4 rings (SSSR count). The van der Waals surface area contributed by atoms with Gasteiger partial charge in [-0.15, -0.1) is 0 Å². The van der Waals surface area contributed by atoms with E-state index >= 15 is 0 Å². The van der Waals surface area contributed by atoms with Crippen LogP contribution >= 0.6 is 0 Å². The number of piperazine rings is 1. The second-order valence-corrected chi connectivity index (χ2v) is 9.06. The predicted octanol–water partition coefficient (Wildman–Crippen LogP) is 4.68. The molecule has 1 aliphatic heterocycles. The molecule has 1 aliphatic rings. The Morgan fingerprint density at radius 2 is 1.67 bits per heavy atom. The number of ether oxygens (including phenoxy) is 1. The number of para-hydroxylation sites is 2. The molecule has 0 atom stereocenters. The van der Waals surface area contributed by atoms with Crippen LogP contribution in [-0.2, 0) is 11.3 Å². The number of aryl methyl sites for hydroxylation is 2. The first-order valence-electron chi connectivity index (χ1n) is 12.6. The second kappa shape index (κ2) is 11.8. The molecule has 0 N–H and O–H groups in total. The molecule has 0 aliphatic carbocycles. The molecule has 0 saturated carbocycles. The van der Waals surface area contributed by atoms with Gasteiger partial charge in [-0.25, -0.2) is 0 Å². The summed E-state index contributed by atoms with van der Waals surface area (Å²) in [4.78, 5) is 32.4. The number of amides is 2. The molecule has 2 aromatic carbocycles. The van der Waals surface area contributed by atoms with E-state index < -0.39 is 0 Å². The Labute approximate surface area is 213 Å². The highest BCUT2D eigenvalue weighted by molar-refractivity contribution is 5.95. The molecule has 1 saturated heterocycles. The van der Waals surface area contributed by atoms with E-state index in [1.165, 1.54) is 0 Å². The van der Waals surface area contributed by atoms with E-state index in [2.05, 4.69) is 11.0 Å². The van der Waals surface area contributed by atoms with Gasteiger partial charge < -0.3 is 23.9 Å². The SMILES string of the molecule is CCOc1ccccc1N1CCN(C(=O)CCN(Cc2ccccc2)C(=O)c2cc(C)oc2C)CC1. The number of carbonyl (C=O) groups excluding carboxylic acids is 2. The Morgan fingerprint density at radius 3 is 2.33 bits per heavy atom. The maximum atomic E-state index is 13.4. The lowest BCUT2D eigenvalue weighted by Gasteiger charge is -2.37. The van der Waals surface area contributed by atoms with Crippen LogP contribution < -0.4 is 9.64 Å². The van der Waals surface area contributed by atoms with Gasteiger partial charge in [-0.05, 0) is 44.5 Å². The number of anilines is 1. The van der Waals surface area contributed by atoms with Crippen LogP contribution in [0.2, 0.25) is 0 Å². The van der Waals surface area contributed by atoms with Crippen LogP contribution in [0, 0.1) is 13.8 Å². The highest BCUT2D eigenvalue weighted by Gasteiger charge is 2.25. The van der Waals surface area contributed by atoms with E-state index in [1.54, 1.807) is 17.9 Å². The normalized spacial score (nSPS) is 13.5. The molecule has 2 amide bonds. The third kappa shape index (κ3) is 6.08. The summed E-state index contributed by atoms with van der Waals surface area (Å²) in [6.45, 7) is 9.81. The molecular weight excluding hydrogens is 454 g/mol.